The topological polar surface area (TPSA) is 70.5 Å². The lowest BCUT2D eigenvalue weighted by atomic mass is 10.1. The maximum Gasteiger partial charge on any atom is 0.244 e. The second-order valence-corrected chi connectivity index (χ2v) is 6.78. The molecule has 6 heteroatoms. The molecule has 1 saturated carbocycles. The van der Waals surface area contributed by atoms with E-state index in [4.69, 9.17) is 0 Å². The van der Waals surface area contributed by atoms with Gasteiger partial charge in [0.2, 0.25) is 10.0 Å². The van der Waals surface area contributed by atoms with Crippen LogP contribution in [0.25, 0.3) is 0 Å². The Morgan fingerprint density at radius 3 is 2.83 bits per heavy atom. The molecular formula is C12H18N2O3S. The molecule has 1 aliphatic carbocycles. The van der Waals surface area contributed by atoms with Crippen molar-refractivity contribution in [1.82, 2.24) is 9.29 Å². The van der Waals surface area contributed by atoms with E-state index in [1.54, 1.807) is 19.3 Å². The number of pyridine rings is 1. The molecule has 2 rings (SSSR count). The molecule has 1 aromatic heterocycles. The fourth-order valence-electron chi connectivity index (χ4n) is 2.34. The number of aliphatic hydroxyl groups is 1. The minimum Gasteiger partial charge on any atom is -0.393 e. The number of aromatic nitrogens is 1. The monoisotopic (exact) mass is 270 g/mol. The number of nitrogens with zero attached hydrogens (tertiary/aromatic N) is 2. The zero-order chi connectivity index (χ0) is 13.2. The third kappa shape index (κ3) is 2.71. The summed E-state index contributed by atoms with van der Waals surface area (Å²) in [4.78, 5) is 4.02. The smallest absolute Gasteiger partial charge is 0.244 e. The van der Waals surface area contributed by atoms with Crippen LogP contribution < -0.4 is 0 Å². The highest BCUT2D eigenvalue weighted by atomic mass is 32.2. The van der Waals surface area contributed by atoms with Crippen molar-refractivity contribution >= 4 is 10.0 Å². The van der Waals surface area contributed by atoms with Gasteiger partial charge in [-0.25, -0.2) is 12.7 Å². The standard InChI is InChI=1S/C12H18N2O3S/c1-14(9-10-4-2-6-12(10)15)18(16,17)11-5-3-7-13-8-11/h3,5,7-8,10,12,15H,2,4,6,9H2,1H3. The number of aliphatic hydroxyl groups excluding tert-OH is 1. The largest absolute Gasteiger partial charge is 0.393 e. The molecule has 0 spiro atoms. The van der Waals surface area contributed by atoms with E-state index in [0.717, 1.165) is 19.3 Å². The van der Waals surface area contributed by atoms with Crippen LogP contribution in [0.1, 0.15) is 19.3 Å². The summed E-state index contributed by atoms with van der Waals surface area (Å²) < 4.78 is 25.8. The Labute approximate surface area is 108 Å². The molecule has 1 N–H and O–H groups in total. The Balaban J connectivity index is 2.11. The van der Waals surface area contributed by atoms with Crippen LogP contribution in [0, 0.1) is 5.92 Å². The van der Waals surface area contributed by atoms with Crippen LogP contribution in [-0.4, -0.2) is 42.5 Å². The lowest BCUT2D eigenvalue weighted by Crippen LogP contribution is -2.34. The van der Waals surface area contributed by atoms with Crippen molar-refractivity contribution in [3.8, 4) is 0 Å². The van der Waals surface area contributed by atoms with Crippen molar-refractivity contribution in [3.63, 3.8) is 0 Å². The molecule has 18 heavy (non-hydrogen) atoms. The Morgan fingerprint density at radius 2 is 2.28 bits per heavy atom. The number of rotatable bonds is 4. The van der Waals surface area contributed by atoms with Crippen LogP contribution >= 0.6 is 0 Å². The molecule has 1 fully saturated rings. The molecule has 1 aromatic rings. The minimum absolute atomic E-state index is 0.0430. The van der Waals surface area contributed by atoms with Gasteiger partial charge in [0, 0.05) is 26.0 Å². The van der Waals surface area contributed by atoms with E-state index in [2.05, 4.69) is 4.98 Å². The highest BCUT2D eigenvalue weighted by Gasteiger charge is 2.30. The molecule has 1 heterocycles. The van der Waals surface area contributed by atoms with Gasteiger partial charge in [-0.2, -0.15) is 0 Å². The first-order valence-corrected chi connectivity index (χ1v) is 7.50. The normalized spacial score (nSPS) is 24.6. The lowest BCUT2D eigenvalue weighted by molar-refractivity contribution is 0.123. The van der Waals surface area contributed by atoms with E-state index in [1.165, 1.54) is 16.6 Å². The summed E-state index contributed by atoms with van der Waals surface area (Å²) in [5.74, 6) is 0.0430. The number of hydrogen-bond acceptors (Lipinski definition) is 4. The molecule has 0 bridgehead atoms. The van der Waals surface area contributed by atoms with Crippen molar-refractivity contribution in [3.05, 3.63) is 24.5 Å². The summed E-state index contributed by atoms with van der Waals surface area (Å²) in [5.41, 5.74) is 0. The summed E-state index contributed by atoms with van der Waals surface area (Å²) in [5, 5.41) is 9.74. The molecule has 0 aromatic carbocycles. The fourth-order valence-corrected chi connectivity index (χ4v) is 3.53. The van der Waals surface area contributed by atoms with Crippen molar-refractivity contribution in [2.45, 2.75) is 30.3 Å². The average Bonchev–Trinajstić information content (AvgIpc) is 2.76. The van der Waals surface area contributed by atoms with Crippen LogP contribution in [0.3, 0.4) is 0 Å². The van der Waals surface area contributed by atoms with E-state index in [0.29, 0.717) is 6.54 Å². The Morgan fingerprint density at radius 1 is 1.50 bits per heavy atom. The minimum atomic E-state index is -3.49. The molecule has 1 aliphatic rings. The zero-order valence-electron chi connectivity index (χ0n) is 10.4. The highest BCUT2D eigenvalue weighted by Crippen LogP contribution is 2.27. The van der Waals surface area contributed by atoms with E-state index in [-0.39, 0.29) is 16.9 Å². The second kappa shape index (κ2) is 5.34. The Bertz CT molecular complexity index is 489. The summed E-state index contributed by atoms with van der Waals surface area (Å²) in [6.07, 6.45) is 5.12. The predicted molar refractivity (Wildman–Crippen MR) is 67.4 cm³/mol. The van der Waals surface area contributed by atoms with Gasteiger partial charge in [-0.05, 0) is 30.9 Å². The van der Waals surface area contributed by atoms with Gasteiger partial charge in [0.05, 0.1) is 6.10 Å². The summed E-state index contributed by atoms with van der Waals surface area (Å²) in [7, 11) is -1.94. The molecule has 0 aliphatic heterocycles. The van der Waals surface area contributed by atoms with E-state index < -0.39 is 10.0 Å². The maximum atomic E-state index is 12.2. The molecule has 100 valence electrons. The van der Waals surface area contributed by atoms with Crippen molar-refractivity contribution in [2.24, 2.45) is 5.92 Å². The van der Waals surface area contributed by atoms with Crippen molar-refractivity contribution < 1.29 is 13.5 Å². The first-order chi connectivity index (χ1) is 8.51. The molecular weight excluding hydrogens is 252 g/mol. The molecule has 0 saturated heterocycles. The highest BCUT2D eigenvalue weighted by molar-refractivity contribution is 7.89. The molecule has 5 nitrogen and oxygen atoms in total. The SMILES string of the molecule is CN(CC1CCCC1O)S(=O)(=O)c1cccnc1. The maximum absolute atomic E-state index is 12.2. The van der Waals surface area contributed by atoms with E-state index >= 15 is 0 Å². The fraction of sp³-hybridized carbons (Fsp3) is 0.583. The first kappa shape index (κ1) is 13.5. The summed E-state index contributed by atoms with van der Waals surface area (Å²) in [6.45, 7) is 0.360. The number of hydrogen-bond donors (Lipinski definition) is 1. The summed E-state index contributed by atoms with van der Waals surface area (Å²) >= 11 is 0. The van der Waals surface area contributed by atoms with Gasteiger partial charge in [-0.1, -0.05) is 6.42 Å². The van der Waals surface area contributed by atoms with Crippen LogP contribution in [0.2, 0.25) is 0 Å². The van der Waals surface area contributed by atoms with E-state index in [9.17, 15) is 13.5 Å². The van der Waals surface area contributed by atoms with Crippen LogP contribution in [0.4, 0.5) is 0 Å². The van der Waals surface area contributed by atoms with Crippen LogP contribution in [0.5, 0.6) is 0 Å². The van der Waals surface area contributed by atoms with Crippen LogP contribution in [-0.2, 0) is 10.0 Å². The third-order valence-electron chi connectivity index (χ3n) is 3.45. The van der Waals surface area contributed by atoms with Crippen LogP contribution in [0.15, 0.2) is 29.4 Å². The van der Waals surface area contributed by atoms with Gasteiger partial charge in [0.25, 0.3) is 0 Å². The van der Waals surface area contributed by atoms with Gasteiger partial charge in [0.1, 0.15) is 4.90 Å². The van der Waals surface area contributed by atoms with Crippen molar-refractivity contribution in [1.29, 1.82) is 0 Å². The van der Waals surface area contributed by atoms with Gasteiger partial charge in [0.15, 0.2) is 0 Å². The Hall–Kier alpha value is -0.980. The average molecular weight is 270 g/mol. The summed E-state index contributed by atoms with van der Waals surface area (Å²) in [6, 6.07) is 3.13. The second-order valence-electron chi connectivity index (χ2n) is 4.73. The van der Waals surface area contributed by atoms with Gasteiger partial charge in [-0.15, -0.1) is 0 Å². The van der Waals surface area contributed by atoms with E-state index in [1.807, 2.05) is 0 Å². The van der Waals surface area contributed by atoms with Crippen molar-refractivity contribution in [2.75, 3.05) is 13.6 Å². The molecule has 2 unspecified atom stereocenters. The van der Waals surface area contributed by atoms with Gasteiger partial charge >= 0.3 is 0 Å². The lowest BCUT2D eigenvalue weighted by Gasteiger charge is -2.22. The molecule has 2 atom stereocenters. The predicted octanol–water partition coefficient (Wildman–Crippen LogP) is 0.863. The molecule has 0 amide bonds. The number of sulfonamides is 1. The Kier molecular flexibility index (Phi) is 3.99. The first-order valence-electron chi connectivity index (χ1n) is 6.06. The van der Waals surface area contributed by atoms with Gasteiger partial charge < -0.3 is 5.11 Å². The zero-order valence-corrected chi connectivity index (χ0v) is 11.2. The quantitative estimate of drug-likeness (QED) is 0.881. The molecule has 0 radical (unpaired) electrons. The van der Waals surface area contributed by atoms with Gasteiger partial charge in [-0.3, -0.25) is 4.98 Å². The third-order valence-corrected chi connectivity index (χ3v) is 5.26.